The van der Waals surface area contributed by atoms with Crippen LogP contribution in [0.25, 0.3) is 0 Å². The van der Waals surface area contributed by atoms with Gasteiger partial charge in [0.2, 0.25) is 5.91 Å². The lowest BCUT2D eigenvalue weighted by molar-refractivity contribution is -0.890. The Kier molecular flexibility index (Phi) is 7.47. The molecule has 0 rings (SSSR count). The van der Waals surface area contributed by atoms with Gasteiger partial charge >= 0.3 is 0 Å². The first kappa shape index (κ1) is 18.3. The van der Waals surface area contributed by atoms with Crippen LogP contribution in [0, 0.1) is 0 Å². The molecule has 1 amide bonds. The van der Waals surface area contributed by atoms with E-state index in [1.807, 2.05) is 14.1 Å². The molecule has 0 aromatic heterocycles. The topological polar surface area (TPSA) is 98.7 Å². The van der Waals surface area contributed by atoms with Gasteiger partial charge < -0.3 is 24.1 Å². The summed E-state index contributed by atoms with van der Waals surface area (Å²) in [5.41, 5.74) is 0.469. The standard InChI is InChI=1S/C11H23N2O5P/c1-10(2)11(14)12-6-5-7-13(3,4)8-9-18-19(15,16)17/h1,5-9H2,2-4H3,(H2-,12,14,15,16,17). The Bertz CT molecular complexity index is 364. The van der Waals surface area contributed by atoms with Gasteiger partial charge in [-0.05, 0) is 6.92 Å². The summed E-state index contributed by atoms with van der Waals surface area (Å²) in [6.07, 6.45) is 0.750. The van der Waals surface area contributed by atoms with Crippen LogP contribution in [0.2, 0.25) is 0 Å². The SMILES string of the molecule is C=C(C)C(=O)NCCC[N+](C)(C)CCOP(=O)([O-])O. The molecule has 0 aliphatic carbocycles. The number of hydrogen-bond acceptors (Lipinski definition) is 4. The number of likely N-dealkylation sites (N-methyl/N-ethyl adjacent to an activating group) is 1. The zero-order valence-electron chi connectivity index (χ0n) is 11.7. The number of rotatable bonds is 9. The number of carbonyl (C=O) groups is 1. The molecule has 1 unspecified atom stereocenters. The number of nitrogens with zero attached hydrogens (tertiary/aromatic N) is 1. The third-order valence-corrected chi connectivity index (χ3v) is 3.07. The number of nitrogens with one attached hydrogen (secondary N) is 1. The average molecular weight is 294 g/mol. The molecule has 0 saturated carbocycles. The van der Waals surface area contributed by atoms with E-state index in [1.54, 1.807) is 6.92 Å². The second kappa shape index (κ2) is 7.77. The molecular formula is C11H23N2O5P. The van der Waals surface area contributed by atoms with Gasteiger partial charge in [0.05, 0.1) is 20.6 Å². The number of hydrogen-bond donors (Lipinski definition) is 2. The van der Waals surface area contributed by atoms with E-state index in [-0.39, 0.29) is 12.5 Å². The van der Waals surface area contributed by atoms with Crippen molar-refractivity contribution in [3.63, 3.8) is 0 Å². The first-order chi connectivity index (χ1) is 8.53. The zero-order chi connectivity index (χ0) is 15.1. The number of phosphoric acid groups is 1. The Hall–Kier alpha value is -0.720. The van der Waals surface area contributed by atoms with Crippen LogP contribution in [0.4, 0.5) is 0 Å². The summed E-state index contributed by atoms with van der Waals surface area (Å²) < 4.78 is 15.2. The van der Waals surface area contributed by atoms with E-state index >= 15 is 0 Å². The Morgan fingerprint density at radius 3 is 2.53 bits per heavy atom. The molecule has 0 aromatic carbocycles. The predicted octanol–water partition coefficient (Wildman–Crippen LogP) is -0.377. The van der Waals surface area contributed by atoms with E-state index in [0.29, 0.717) is 23.1 Å². The maximum absolute atomic E-state index is 11.2. The lowest BCUT2D eigenvalue weighted by atomic mass is 10.3. The van der Waals surface area contributed by atoms with Crippen molar-refractivity contribution in [1.82, 2.24) is 5.32 Å². The van der Waals surface area contributed by atoms with Crippen molar-refractivity contribution in [2.45, 2.75) is 13.3 Å². The van der Waals surface area contributed by atoms with E-state index < -0.39 is 7.82 Å². The van der Waals surface area contributed by atoms with Crippen molar-refractivity contribution in [1.29, 1.82) is 0 Å². The van der Waals surface area contributed by atoms with Crippen LogP contribution >= 0.6 is 7.82 Å². The van der Waals surface area contributed by atoms with Crippen LogP contribution in [0.3, 0.4) is 0 Å². The summed E-state index contributed by atoms with van der Waals surface area (Å²) >= 11 is 0. The minimum absolute atomic E-state index is 0.0671. The summed E-state index contributed by atoms with van der Waals surface area (Å²) in [7, 11) is -0.807. The Morgan fingerprint density at radius 2 is 2.05 bits per heavy atom. The first-order valence-electron chi connectivity index (χ1n) is 5.97. The second-order valence-electron chi connectivity index (χ2n) is 5.07. The Labute approximate surface area is 114 Å². The highest BCUT2D eigenvalue weighted by atomic mass is 31.2. The summed E-state index contributed by atoms with van der Waals surface area (Å²) in [5, 5.41) is 2.72. The van der Waals surface area contributed by atoms with Crippen LogP contribution < -0.4 is 10.2 Å². The van der Waals surface area contributed by atoms with Gasteiger partial charge in [0.15, 0.2) is 0 Å². The highest BCUT2D eigenvalue weighted by Crippen LogP contribution is 2.29. The number of carbonyl (C=O) groups excluding carboxylic acids is 1. The summed E-state index contributed by atoms with van der Waals surface area (Å²) in [6, 6.07) is 0. The smallest absolute Gasteiger partial charge is 0.265 e. The number of amides is 1. The van der Waals surface area contributed by atoms with Crippen LogP contribution in [0.15, 0.2) is 12.2 Å². The van der Waals surface area contributed by atoms with E-state index in [0.717, 1.165) is 13.0 Å². The molecule has 0 aromatic rings. The molecule has 2 N–H and O–H groups in total. The molecule has 0 fully saturated rings. The molecule has 112 valence electrons. The summed E-state index contributed by atoms with van der Waals surface area (Å²) in [5.74, 6) is -0.166. The second-order valence-corrected chi connectivity index (χ2v) is 6.27. The highest BCUT2D eigenvalue weighted by Gasteiger charge is 2.15. The van der Waals surface area contributed by atoms with E-state index in [4.69, 9.17) is 4.89 Å². The third-order valence-electron chi connectivity index (χ3n) is 2.56. The van der Waals surface area contributed by atoms with Crippen LogP contribution in [-0.4, -0.2) is 55.6 Å². The minimum Gasteiger partial charge on any atom is -0.756 e. The van der Waals surface area contributed by atoms with Gasteiger partial charge in [-0.3, -0.25) is 9.36 Å². The fraction of sp³-hybridized carbons (Fsp3) is 0.727. The van der Waals surface area contributed by atoms with Crippen molar-refractivity contribution in [3.05, 3.63) is 12.2 Å². The van der Waals surface area contributed by atoms with E-state index in [1.165, 1.54) is 0 Å². The average Bonchev–Trinajstić information content (AvgIpc) is 2.21. The number of quaternary nitrogens is 1. The molecule has 7 nitrogen and oxygen atoms in total. The van der Waals surface area contributed by atoms with Gasteiger partial charge in [0.25, 0.3) is 7.82 Å². The van der Waals surface area contributed by atoms with Crippen LogP contribution in [-0.2, 0) is 13.9 Å². The van der Waals surface area contributed by atoms with Crippen molar-refractivity contribution in [2.24, 2.45) is 0 Å². The molecule has 19 heavy (non-hydrogen) atoms. The number of phosphoric ester groups is 1. The Morgan fingerprint density at radius 1 is 1.47 bits per heavy atom. The normalized spacial score (nSPS) is 14.8. The van der Waals surface area contributed by atoms with E-state index in [9.17, 15) is 14.3 Å². The Balaban J connectivity index is 3.82. The van der Waals surface area contributed by atoms with Crippen molar-refractivity contribution < 1.29 is 28.2 Å². The summed E-state index contributed by atoms with van der Waals surface area (Å²) in [4.78, 5) is 30.1. The molecule has 0 radical (unpaired) electrons. The van der Waals surface area contributed by atoms with Gasteiger partial charge in [0, 0.05) is 18.5 Å². The van der Waals surface area contributed by atoms with Gasteiger partial charge in [-0.15, -0.1) is 0 Å². The maximum atomic E-state index is 11.2. The van der Waals surface area contributed by atoms with Crippen molar-refractivity contribution >= 4 is 13.7 Å². The maximum Gasteiger partial charge on any atom is 0.265 e. The van der Waals surface area contributed by atoms with Crippen molar-refractivity contribution in [3.8, 4) is 0 Å². The van der Waals surface area contributed by atoms with E-state index in [2.05, 4.69) is 16.4 Å². The predicted molar refractivity (Wildman–Crippen MR) is 70.1 cm³/mol. The third kappa shape index (κ3) is 10.9. The fourth-order valence-electron chi connectivity index (χ4n) is 1.38. The lowest BCUT2D eigenvalue weighted by Gasteiger charge is -2.30. The van der Waals surface area contributed by atoms with Gasteiger partial charge in [-0.2, -0.15) is 0 Å². The fourth-order valence-corrected chi connectivity index (χ4v) is 1.69. The monoisotopic (exact) mass is 294 g/mol. The molecule has 0 spiro atoms. The summed E-state index contributed by atoms with van der Waals surface area (Å²) in [6.45, 7) is 6.83. The molecule has 0 saturated heterocycles. The molecule has 0 aliphatic heterocycles. The highest BCUT2D eigenvalue weighted by molar-refractivity contribution is 7.44. The molecule has 0 heterocycles. The van der Waals surface area contributed by atoms with Gasteiger partial charge in [-0.25, -0.2) is 0 Å². The molecular weight excluding hydrogens is 271 g/mol. The van der Waals surface area contributed by atoms with Gasteiger partial charge in [0.1, 0.15) is 13.2 Å². The molecule has 8 heteroatoms. The quantitative estimate of drug-likeness (QED) is 0.261. The largest absolute Gasteiger partial charge is 0.756 e. The lowest BCUT2D eigenvalue weighted by Crippen LogP contribution is -2.44. The van der Waals surface area contributed by atoms with Crippen LogP contribution in [0.1, 0.15) is 13.3 Å². The first-order valence-corrected chi connectivity index (χ1v) is 7.47. The minimum atomic E-state index is -4.63. The molecule has 1 atom stereocenters. The van der Waals surface area contributed by atoms with Gasteiger partial charge in [-0.1, -0.05) is 6.58 Å². The molecule has 0 bridgehead atoms. The van der Waals surface area contributed by atoms with Crippen molar-refractivity contribution in [2.75, 3.05) is 40.3 Å². The zero-order valence-corrected chi connectivity index (χ0v) is 12.6. The molecule has 0 aliphatic rings. The van der Waals surface area contributed by atoms with Crippen LogP contribution in [0.5, 0.6) is 0 Å².